The third-order valence-corrected chi connectivity index (χ3v) is 7.49. The number of hydrogen-bond acceptors (Lipinski definition) is 8. The van der Waals surface area contributed by atoms with Gasteiger partial charge in [0.2, 0.25) is 0 Å². The standard InChI is InChI=1S/C31H41N5O6/c1-6-41-24-15-20-16-36(29(32)26(20)34-27(24)30(40)33-5)17-21(37)10-9-19-13-22(31(2,3)4)28(42-18-25(38)39)23(14-19)35-11-7-8-12-35/h13-15,32H,6-12,16-18H2,1-5H3,(H,33,40)(H,38,39). The van der Waals surface area contributed by atoms with Crippen LogP contribution in [0.1, 0.15) is 79.8 Å². The number of pyridine rings is 1. The van der Waals surface area contributed by atoms with Crippen molar-refractivity contribution in [2.45, 2.75) is 65.3 Å². The molecule has 1 saturated heterocycles. The van der Waals surface area contributed by atoms with Gasteiger partial charge in [-0.2, -0.15) is 0 Å². The van der Waals surface area contributed by atoms with Gasteiger partial charge < -0.3 is 29.7 Å². The lowest BCUT2D eigenvalue weighted by Gasteiger charge is -2.29. The van der Waals surface area contributed by atoms with Crippen molar-refractivity contribution in [3.8, 4) is 11.5 Å². The zero-order valence-corrected chi connectivity index (χ0v) is 25.1. The molecule has 0 unspecified atom stereocenters. The highest BCUT2D eigenvalue weighted by Gasteiger charge is 2.31. The van der Waals surface area contributed by atoms with Crippen LogP contribution in [0.3, 0.4) is 0 Å². The predicted molar refractivity (Wildman–Crippen MR) is 159 cm³/mol. The molecule has 2 aliphatic heterocycles. The number of hydrogen-bond donors (Lipinski definition) is 3. The number of aryl methyl sites for hydroxylation is 1. The zero-order valence-electron chi connectivity index (χ0n) is 25.1. The van der Waals surface area contributed by atoms with E-state index >= 15 is 0 Å². The minimum atomic E-state index is -1.03. The highest BCUT2D eigenvalue weighted by atomic mass is 16.5. The number of carbonyl (C=O) groups is 3. The van der Waals surface area contributed by atoms with Gasteiger partial charge in [0.15, 0.2) is 23.8 Å². The second kappa shape index (κ2) is 12.8. The van der Waals surface area contributed by atoms with E-state index in [0.717, 1.165) is 48.3 Å². The molecule has 226 valence electrons. The molecule has 1 aromatic heterocycles. The first-order valence-electron chi connectivity index (χ1n) is 14.4. The van der Waals surface area contributed by atoms with E-state index in [4.69, 9.17) is 14.9 Å². The van der Waals surface area contributed by atoms with Crippen molar-refractivity contribution in [1.82, 2.24) is 15.2 Å². The Kier molecular flexibility index (Phi) is 9.38. The van der Waals surface area contributed by atoms with Gasteiger partial charge in [-0.1, -0.05) is 26.8 Å². The molecule has 0 spiro atoms. The number of amides is 1. The first-order valence-corrected chi connectivity index (χ1v) is 14.4. The summed E-state index contributed by atoms with van der Waals surface area (Å²) in [5.41, 5.74) is 3.71. The van der Waals surface area contributed by atoms with Gasteiger partial charge in [0.1, 0.15) is 17.3 Å². The number of aromatic nitrogens is 1. The molecule has 1 amide bonds. The SMILES string of the molecule is CCOc1cc2c(nc1C(=O)NC)C(=N)N(CC(=O)CCc1cc(N3CCCC3)c(OCC(=O)O)c(C(C)(C)C)c1)C2. The lowest BCUT2D eigenvalue weighted by atomic mass is 9.84. The Labute approximate surface area is 246 Å². The van der Waals surface area contributed by atoms with E-state index in [9.17, 15) is 19.5 Å². The first-order chi connectivity index (χ1) is 19.9. The number of nitrogens with zero attached hydrogens (tertiary/aromatic N) is 3. The molecule has 11 heteroatoms. The molecule has 0 aliphatic carbocycles. The van der Waals surface area contributed by atoms with Crippen molar-refractivity contribution >= 4 is 29.2 Å². The van der Waals surface area contributed by atoms with E-state index < -0.39 is 18.5 Å². The number of ether oxygens (including phenoxy) is 2. The second-order valence-corrected chi connectivity index (χ2v) is 11.7. The van der Waals surface area contributed by atoms with Crippen LogP contribution in [0.2, 0.25) is 0 Å². The molecule has 11 nitrogen and oxygen atoms in total. The van der Waals surface area contributed by atoms with Crippen LogP contribution in [-0.4, -0.2) is 78.4 Å². The van der Waals surface area contributed by atoms with Gasteiger partial charge >= 0.3 is 5.97 Å². The smallest absolute Gasteiger partial charge is 0.341 e. The number of ketones is 1. The van der Waals surface area contributed by atoms with E-state index in [0.29, 0.717) is 36.8 Å². The quantitative estimate of drug-likeness (QED) is 0.344. The molecule has 0 saturated carbocycles. The fourth-order valence-electron chi connectivity index (χ4n) is 5.40. The summed E-state index contributed by atoms with van der Waals surface area (Å²) in [6, 6.07) is 5.78. The summed E-state index contributed by atoms with van der Waals surface area (Å²) in [5, 5.41) is 20.5. The maximum absolute atomic E-state index is 13.2. The van der Waals surface area contributed by atoms with Gasteiger partial charge in [-0.25, -0.2) is 9.78 Å². The highest BCUT2D eigenvalue weighted by Crippen LogP contribution is 2.41. The molecular weight excluding hydrogens is 538 g/mol. The minimum absolute atomic E-state index is 0.0182. The number of rotatable bonds is 12. The number of benzene rings is 1. The Morgan fingerprint density at radius 1 is 1.12 bits per heavy atom. The molecule has 1 fully saturated rings. The summed E-state index contributed by atoms with van der Waals surface area (Å²) >= 11 is 0. The molecule has 0 radical (unpaired) electrons. The number of anilines is 1. The Hall–Kier alpha value is -4.15. The van der Waals surface area contributed by atoms with Crippen LogP contribution >= 0.6 is 0 Å². The van der Waals surface area contributed by atoms with Crippen LogP contribution in [0.4, 0.5) is 5.69 Å². The summed E-state index contributed by atoms with van der Waals surface area (Å²) in [6.07, 6.45) is 2.90. The third kappa shape index (κ3) is 6.83. The van der Waals surface area contributed by atoms with Gasteiger partial charge in [-0.3, -0.25) is 15.0 Å². The predicted octanol–water partition coefficient (Wildman–Crippen LogP) is 3.54. The van der Waals surface area contributed by atoms with Crippen LogP contribution < -0.4 is 19.7 Å². The molecule has 4 rings (SSSR count). The molecule has 1 aromatic carbocycles. The zero-order chi connectivity index (χ0) is 30.6. The number of carboxylic acid groups (broad SMARTS) is 1. The Balaban J connectivity index is 1.51. The number of aliphatic carboxylic acids is 1. The van der Waals surface area contributed by atoms with E-state index in [-0.39, 0.29) is 35.7 Å². The first kappa shape index (κ1) is 30.8. The van der Waals surface area contributed by atoms with Gasteiger partial charge in [0, 0.05) is 44.2 Å². The van der Waals surface area contributed by atoms with E-state index in [2.05, 4.69) is 36.0 Å². The summed E-state index contributed by atoms with van der Waals surface area (Å²) in [5.74, 6) is -0.379. The van der Waals surface area contributed by atoms with E-state index in [1.54, 1.807) is 11.0 Å². The number of fused-ring (bicyclic) bond motifs is 1. The van der Waals surface area contributed by atoms with Gasteiger partial charge in [-0.15, -0.1) is 0 Å². The van der Waals surface area contributed by atoms with Crippen LogP contribution in [0.5, 0.6) is 11.5 Å². The fourth-order valence-corrected chi connectivity index (χ4v) is 5.40. The lowest BCUT2D eigenvalue weighted by Crippen LogP contribution is -2.30. The van der Waals surface area contributed by atoms with Crippen molar-refractivity contribution in [2.75, 3.05) is 44.8 Å². The van der Waals surface area contributed by atoms with Crippen LogP contribution in [0.15, 0.2) is 18.2 Å². The van der Waals surface area contributed by atoms with E-state index in [1.807, 2.05) is 19.1 Å². The average molecular weight is 580 g/mol. The third-order valence-electron chi connectivity index (χ3n) is 7.49. The summed E-state index contributed by atoms with van der Waals surface area (Å²) in [7, 11) is 1.51. The van der Waals surface area contributed by atoms with Crippen LogP contribution in [0.25, 0.3) is 0 Å². The maximum atomic E-state index is 13.2. The van der Waals surface area contributed by atoms with Gasteiger partial charge in [-0.05, 0) is 49.3 Å². The molecule has 3 N–H and O–H groups in total. The number of carbonyl (C=O) groups excluding carboxylic acids is 2. The fraction of sp³-hybridized carbons (Fsp3) is 0.516. The monoisotopic (exact) mass is 579 g/mol. The number of nitrogens with one attached hydrogen (secondary N) is 2. The number of Topliss-reactive ketones (excluding diaryl/α,β-unsaturated/α-hetero) is 1. The Morgan fingerprint density at radius 2 is 1.83 bits per heavy atom. The van der Waals surface area contributed by atoms with Crippen molar-refractivity contribution in [2.24, 2.45) is 0 Å². The van der Waals surface area contributed by atoms with E-state index in [1.165, 1.54) is 7.05 Å². The lowest BCUT2D eigenvalue weighted by molar-refractivity contribution is -0.139. The molecule has 0 atom stereocenters. The topological polar surface area (TPSA) is 145 Å². The van der Waals surface area contributed by atoms with Crippen LogP contribution in [-0.2, 0) is 28.0 Å². The minimum Gasteiger partial charge on any atom is -0.491 e. The molecule has 42 heavy (non-hydrogen) atoms. The molecular formula is C31H41N5O6. The Morgan fingerprint density at radius 3 is 2.45 bits per heavy atom. The summed E-state index contributed by atoms with van der Waals surface area (Å²) in [6.45, 7) is 10.1. The average Bonchev–Trinajstić information content (AvgIpc) is 3.58. The second-order valence-electron chi connectivity index (χ2n) is 11.7. The maximum Gasteiger partial charge on any atom is 0.341 e. The van der Waals surface area contributed by atoms with Gasteiger partial charge in [0.25, 0.3) is 5.91 Å². The largest absolute Gasteiger partial charge is 0.491 e. The number of amidine groups is 1. The summed E-state index contributed by atoms with van der Waals surface area (Å²) < 4.78 is 11.5. The Bertz CT molecular complexity index is 1380. The van der Waals surface area contributed by atoms with Crippen LogP contribution in [0, 0.1) is 5.41 Å². The number of carboxylic acids is 1. The highest BCUT2D eigenvalue weighted by molar-refractivity contribution is 6.03. The van der Waals surface area contributed by atoms with Crippen molar-refractivity contribution in [1.29, 1.82) is 5.41 Å². The van der Waals surface area contributed by atoms with Crippen molar-refractivity contribution < 1.29 is 29.0 Å². The molecule has 2 aromatic rings. The van der Waals surface area contributed by atoms with Gasteiger partial charge in [0.05, 0.1) is 18.8 Å². The molecule has 0 bridgehead atoms. The summed E-state index contributed by atoms with van der Waals surface area (Å²) in [4.78, 5) is 45.2. The van der Waals surface area contributed by atoms with Crippen molar-refractivity contribution in [3.05, 3.63) is 46.3 Å². The normalized spacial score (nSPS) is 14.6. The molecule has 3 heterocycles. The van der Waals surface area contributed by atoms with Crippen molar-refractivity contribution in [3.63, 3.8) is 0 Å². The molecule has 2 aliphatic rings.